The van der Waals surface area contributed by atoms with E-state index in [1.165, 1.54) is 39.7 Å². The number of carboxylic acids is 1. The second kappa shape index (κ2) is 6.03. The third-order valence-electron chi connectivity index (χ3n) is 5.01. The number of aromatic nitrogens is 1. The summed E-state index contributed by atoms with van der Waals surface area (Å²) in [6.07, 6.45) is 3.09. The smallest absolute Gasteiger partial charge is 0.236 e. The molecule has 1 N–H and O–H groups in total. The highest BCUT2D eigenvalue weighted by Crippen LogP contribution is 2.57. The molecule has 1 fully saturated rings. The van der Waals surface area contributed by atoms with Crippen molar-refractivity contribution in [3.63, 3.8) is 0 Å². The summed E-state index contributed by atoms with van der Waals surface area (Å²) in [6, 6.07) is 4.12. The van der Waals surface area contributed by atoms with Gasteiger partial charge in [-0.05, 0) is 25.8 Å². The van der Waals surface area contributed by atoms with Crippen molar-refractivity contribution < 1.29 is 24.4 Å². The fourth-order valence-corrected chi connectivity index (χ4v) is 7.22. The van der Waals surface area contributed by atoms with Crippen molar-refractivity contribution in [2.75, 3.05) is 0 Å². The van der Waals surface area contributed by atoms with Crippen molar-refractivity contribution >= 4 is 35.4 Å². The summed E-state index contributed by atoms with van der Waals surface area (Å²) in [4.78, 5) is 25.2. The Hall–Kier alpha value is -1.51. The first-order valence-corrected chi connectivity index (χ1v) is 9.93. The first kappa shape index (κ1) is 16.9. The van der Waals surface area contributed by atoms with Crippen molar-refractivity contribution in [2.45, 2.75) is 36.5 Å². The maximum absolute atomic E-state index is 12.2. The Labute approximate surface area is 153 Å². The van der Waals surface area contributed by atoms with E-state index in [2.05, 4.69) is 10.6 Å². The number of aliphatic hydroxyl groups excluding tert-OH is 1. The van der Waals surface area contributed by atoms with Gasteiger partial charge in [0.25, 0.3) is 0 Å². The molecule has 8 heteroatoms. The molecule has 25 heavy (non-hydrogen) atoms. The lowest BCUT2D eigenvalue weighted by molar-refractivity contribution is -0.679. The van der Waals surface area contributed by atoms with Gasteiger partial charge in [0.05, 0.1) is 33.2 Å². The number of pyridine rings is 1. The van der Waals surface area contributed by atoms with E-state index in [4.69, 9.17) is 0 Å². The van der Waals surface area contributed by atoms with Gasteiger partial charge >= 0.3 is 0 Å². The fourth-order valence-electron chi connectivity index (χ4n) is 3.82. The lowest BCUT2D eigenvalue weighted by Crippen LogP contribution is -2.61. The number of fused-ring (bicyclic) bond motifs is 2. The second-order valence-corrected chi connectivity index (χ2v) is 9.18. The average molecular weight is 378 g/mol. The van der Waals surface area contributed by atoms with Gasteiger partial charge in [0.15, 0.2) is 11.9 Å². The van der Waals surface area contributed by atoms with Gasteiger partial charge in [-0.3, -0.25) is 9.69 Å². The molecule has 4 atom stereocenters. The summed E-state index contributed by atoms with van der Waals surface area (Å²) < 4.78 is 2.69. The summed E-state index contributed by atoms with van der Waals surface area (Å²) in [7, 11) is 1.99. The standard InChI is InChI=1S/C17H18N2O4S2/c1-8(20)11-14(21)19-13(16(22)23)17(25-15(11)19)24-10-6-5-9-4-3-7-18(2)12(9)10/h3-4,7-8,10-11,15,20H,5-6H2,1-2H3/t8-,10?,11+,15-/m1/s1. The third-order valence-corrected chi connectivity index (χ3v) is 7.89. The molecule has 3 aliphatic rings. The Balaban J connectivity index is 1.64. The van der Waals surface area contributed by atoms with Crippen LogP contribution in [0.1, 0.15) is 29.9 Å². The van der Waals surface area contributed by atoms with Gasteiger partial charge in [-0.15, -0.1) is 11.8 Å². The van der Waals surface area contributed by atoms with Crippen molar-refractivity contribution in [1.82, 2.24) is 4.90 Å². The van der Waals surface area contributed by atoms with E-state index in [1.54, 1.807) is 6.92 Å². The zero-order chi connectivity index (χ0) is 17.9. The van der Waals surface area contributed by atoms with Crippen LogP contribution in [-0.2, 0) is 23.1 Å². The zero-order valence-corrected chi connectivity index (χ0v) is 15.5. The Morgan fingerprint density at radius 1 is 1.56 bits per heavy atom. The minimum Gasteiger partial charge on any atom is -0.543 e. The molecule has 1 unspecified atom stereocenters. The molecule has 6 nitrogen and oxygen atoms in total. The fraction of sp³-hybridized carbons (Fsp3) is 0.471. The number of thioether (sulfide) groups is 2. The quantitative estimate of drug-likeness (QED) is 0.589. The maximum Gasteiger partial charge on any atom is 0.236 e. The van der Waals surface area contributed by atoms with Crippen LogP contribution in [0, 0.1) is 5.92 Å². The number of β-lactam (4-membered cyclic amide) rings is 1. The topological polar surface area (TPSA) is 84.5 Å². The third kappa shape index (κ3) is 2.50. The first-order valence-electron chi connectivity index (χ1n) is 8.17. The molecule has 0 bridgehead atoms. The predicted molar refractivity (Wildman–Crippen MR) is 91.7 cm³/mol. The van der Waals surface area contributed by atoms with Gasteiger partial charge in [-0.1, -0.05) is 11.8 Å². The number of carbonyl (C=O) groups excluding carboxylic acids is 2. The molecule has 1 amide bonds. The molecule has 132 valence electrons. The minimum atomic E-state index is -1.33. The van der Waals surface area contributed by atoms with Crippen LogP contribution >= 0.6 is 23.5 Å². The molecule has 1 aromatic rings. The monoisotopic (exact) mass is 378 g/mol. The number of aliphatic carboxylic acids is 1. The maximum atomic E-state index is 12.2. The Kier molecular flexibility index (Phi) is 4.09. The highest BCUT2D eigenvalue weighted by Gasteiger charge is 2.56. The van der Waals surface area contributed by atoms with Crippen LogP contribution in [0.5, 0.6) is 0 Å². The number of hydrogen-bond donors (Lipinski definition) is 1. The highest BCUT2D eigenvalue weighted by molar-refractivity contribution is 8.22. The van der Waals surface area contributed by atoms with E-state index in [0.717, 1.165) is 12.8 Å². The first-order chi connectivity index (χ1) is 11.9. The van der Waals surface area contributed by atoms with Crippen molar-refractivity contribution in [3.8, 4) is 0 Å². The van der Waals surface area contributed by atoms with Gasteiger partial charge in [-0.25, -0.2) is 4.57 Å². The number of amides is 1. The summed E-state index contributed by atoms with van der Waals surface area (Å²) in [6.45, 7) is 1.57. The number of rotatable bonds is 4. The minimum absolute atomic E-state index is 0.0334. The van der Waals surface area contributed by atoms with Crippen LogP contribution in [0.2, 0.25) is 0 Å². The van der Waals surface area contributed by atoms with Gasteiger partial charge < -0.3 is 15.0 Å². The number of aryl methyl sites for hydroxylation is 2. The van der Waals surface area contributed by atoms with E-state index in [9.17, 15) is 19.8 Å². The number of carbonyl (C=O) groups is 2. The summed E-state index contributed by atoms with van der Waals surface area (Å²) in [5.74, 6) is -2.21. The Morgan fingerprint density at radius 2 is 2.32 bits per heavy atom. The van der Waals surface area contributed by atoms with Crippen molar-refractivity contribution in [1.29, 1.82) is 0 Å². The van der Waals surface area contributed by atoms with Crippen LogP contribution in [0.3, 0.4) is 0 Å². The van der Waals surface area contributed by atoms with E-state index >= 15 is 0 Å². The lowest BCUT2D eigenvalue weighted by atomic mass is 9.92. The van der Waals surface area contributed by atoms with E-state index in [1.807, 2.05) is 19.3 Å². The van der Waals surface area contributed by atoms with Crippen molar-refractivity contribution in [2.24, 2.45) is 13.0 Å². The number of carboxylic acid groups (broad SMARTS) is 1. The Morgan fingerprint density at radius 3 is 3.00 bits per heavy atom. The molecule has 0 aromatic carbocycles. The average Bonchev–Trinajstić information content (AvgIpc) is 3.08. The molecule has 1 saturated heterocycles. The molecule has 0 radical (unpaired) electrons. The molecule has 1 aliphatic carbocycles. The van der Waals surface area contributed by atoms with Gasteiger partial charge in [-0.2, -0.15) is 0 Å². The largest absolute Gasteiger partial charge is 0.543 e. The van der Waals surface area contributed by atoms with E-state index in [0.29, 0.717) is 4.24 Å². The second-order valence-electron chi connectivity index (χ2n) is 6.58. The molecule has 1 aromatic heterocycles. The van der Waals surface area contributed by atoms with E-state index < -0.39 is 18.0 Å². The SMILES string of the molecule is C[C@@H](O)[C@H]1C(=O)N2C(C(=O)[O-])=C(SC3CCc4ccc[n+](C)c43)S[C@H]12. The summed E-state index contributed by atoms with van der Waals surface area (Å²) in [5, 5.41) is 21.3. The van der Waals surface area contributed by atoms with Gasteiger partial charge in [0.2, 0.25) is 5.91 Å². The normalized spacial score (nSPS) is 28.7. The van der Waals surface area contributed by atoms with Crippen LogP contribution < -0.4 is 9.67 Å². The predicted octanol–water partition coefficient (Wildman–Crippen LogP) is 0.0627. The molecule has 2 aliphatic heterocycles. The van der Waals surface area contributed by atoms with Crippen LogP contribution in [-0.4, -0.2) is 33.4 Å². The van der Waals surface area contributed by atoms with E-state index in [-0.39, 0.29) is 22.2 Å². The van der Waals surface area contributed by atoms with Crippen molar-refractivity contribution in [3.05, 3.63) is 39.5 Å². The number of aliphatic hydroxyl groups is 1. The number of nitrogens with zero attached hydrogens (tertiary/aromatic N) is 2. The van der Waals surface area contributed by atoms with Gasteiger partial charge in [0.1, 0.15) is 12.4 Å². The van der Waals surface area contributed by atoms with Crippen LogP contribution in [0.25, 0.3) is 0 Å². The van der Waals surface area contributed by atoms with Gasteiger partial charge in [0, 0.05) is 11.6 Å². The summed E-state index contributed by atoms with van der Waals surface area (Å²) >= 11 is 2.86. The highest BCUT2D eigenvalue weighted by atomic mass is 32.2. The Bertz CT molecular complexity index is 808. The zero-order valence-electron chi connectivity index (χ0n) is 13.8. The molecular weight excluding hydrogens is 360 g/mol. The number of hydrogen-bond acceptors (Lipinski definition) is 6. The van der Waals surface area contributed by atoms with Crippen LogP contribution in [0.15, 0.2) is 28.3 Å². The summed E-state index contributed by atoms with van der Waals surface area (Å²) in [5.41, 5.74) is 2.45. The molecule has 0 spiro atoms. The molecule has 0 saturated carbocycles. The lowest BCUT2D eigenvalue weighted by Gasteiger charge is -2.44. The molecule has 4 rings (SSSR count). The molecule has 3 heterocycles. The molecular formula is C17H18N2O4S2. The van der Waals surface area contributed by atoms with Crippen LogP contribution in [0.4, 0.5) is 0 Å².